The summed E-state index contributed by atoms with van der Waals surface area (Å²) >= 11 is 0. The SMILES string of the molecule is CCn1nc(-c2cccc(CN)c2)c(C(=O)O)c(N)c1=O. The summed E-state index contributed by atoms with van der Waals surface area (Å²) in [6.45, 7) is 2.35. The summed E-state index contributed by atoms with van der Waals surface area (Å²) in [6.07, 6.45) is 0. The molecule has 0 aliphatic carbocycles. The van der Waals surface area contributed by atoms with E-state index in [4.69, 9.17) is 11.5 Å². The summed E-state index contributed by atoms with van der Waals surface area (Å²) in [5.74, 6) is -1.28. The summed E-state index contributed by atoms with van der Waals surface area (Å²) in [5.41, 5.74) is 11.6. The van der Waals surface area contributed by atoms with Crippen LogP contribution in [-0.4, -0.2) is 20.9 Å². The number of carbonyl (C=O) groups is 1. The molecule has 0 aliphatic rings. The third kappa shape index (κ3) is 2.63. The molecule has 7 heteroatoms. The lowest BCUT2D eigenvalue weighted by molar-refractivity contribution is 0.0698. The van der Waals surface area contributed by atoms with Crippen LogP contribution in [0.5, 0.6) is 0 Å². The lowest BCUT2D eigenvalue weighted by Crippen LogP contribution is -2.28. The molecule has 0 aliphatic heterocycles. The number of aryl methyl sites for hydroxylation is 1. The molecule has 0 unspecified atom stereocenters. The number of nitrogen functional groups attached to an aromatic ring is 1. The Labute approximate surface area is 120 Å². The van der Waals surface area contributed by atoms with E-state index in [2.05, 4.69) is 5.10 Å². The van der Waals surface area contributed by atoms with Gasteiger partial charge in [0.1, 0.15) is 16.9 Å². The first-order chi connectivity index (χ1) is 9.99. The number of aromatic nitrogens is 2. The van der Waals surface area contributed by atoms with Gasteiger partial charge >= 0.3 is 5.97 Å². The highest BCUT2D eigenvalue weighted by Crippen LogP contribution is 2.24. The zero-order valence-corrected chi connectivity index (χ0v) is 11.5. The third-order valence-electron chi connectivity index (χ3n) is 3.14. The first kappa shape index (κ1) is 14.7. The molecule has 1 heterocycles. The molecule has 2 rings (SSSR count). The summed E-state index contributed by atoms with van der Waals surface area (Å²) in [7, 11) is 0. The zero-order chi connectivity index (χ0) is 15.6. The van der Waals surface area contributed by atoms with Crippen LogP contribution in [0.1, 0.15) is 22.8 Å². The normalized spacial score (nSPS) is 10.6. The van der Waals surface area contributed by atoms with E-state index in [-0.39, 0.29) is 16.9 Å². The number of benzene rings is 1. The van der Waals surface area contributed by atoms with E-state index in [1.807, 2.05) is 6.07 Å². The van der Waals surface area contributed by atoms with Gasteiger partial charge in [0.05, 0.1) is 0 Å². The first-order valence-electron chi connectivity index (χ1n) is 6.42. The van der Waals surface area contributed by atoms with Crippen LogP contribution in [-0.2, 0) is 13.1 Å². The fourth-order valence-corrected chi connectivity index (χ4v) is 2.07. The molecule has 1 aromatic carbocycles. The van der Waals surface area contributed by atoms with Gasteiger partial charge in [0.2, 0.25) is 0 Å². The molecule has 0 fully saturated rings. The van der Waals surface area contributed by atoms with Crippen molar-refractivity contribution in [2.45, 2.75) is 20.0 Å². The molecule has 0 amide bonds. The van der Waals surface area contributed by atoms with E-state index in [0.717, 1.165) is 10.2 Å². The van der Waals surface area contributed by atoms with Crippen LogP contribution in [0.3, 0.4) is 0 Å². The van der Waals surface area contributed by atoms with Gasteiger partial charge in [0.15, 0.2) is 0 Å². The van der Waals surface area contributed by atoms with Gasteiger partial charge in [0, 0.05) is 18.7 Å². The van der Waals surface area contributed by atoms with Crippen LogP contribution in [0.15, 0.2) is 29.1 Å². The Morgan fingerprint density at radius 2 is 2.14 bits per heavy atom. The summed E-state index contributed by atoms with van der Waals surface area (Å²) in [5, 5.41) is 13.5. The average Bonchev–Trinajstić information content (AvgIpc) is 2.49. The molecule has 21 heavy (non-hydrogen) atoms. The van der Waals surface area contributed by atoms with Crippen molar-refractivity contribution in [1.82, 2.24) is 9.78 Å². The number of nitrogens with two attached hydrogens (primary N) is 2. The Bertz CT molecular complexity index is 752. The highest BCUT2D eigenvalue weighted by Gasteiger charge is 2.21. The van der Waals surface area contributed by atoms with Crippen LogP contribution in [0.4, 0.5) is 5.69 Å². The second-order valence-corrected chi connectivity index (χ2v) is 4.47. The first-order valence-corrected chi connectivity index (χ1v) is 6.42. The molecule has 0 radical (unpaired) electrons. The van der Waals surface area contributed by atoms with Gasteiger partial charge in [-0.1, -0.05) is 18.2 Å². The Hall–Kier alpha value is -2.67. The molecule has 110 valence electrons. The summed E-state index contributed by atoms with van der Waals surface area (Å²) < 4.78 is 1.15. The fraction of sp³-hybridized carbons (Fsp3) is 0.214. The molecule has 0 atom stereocenters. The predicted molar refractivity (Wildman–Crippen MR) is 78.9 cm³/mol. The van der Waals surface area contributed by atoms with Crippen LogP contribution in [0, 0.1) is 0 Å². The van der Waals surface area contributed by atoms with E-state index in [0.29, 0.717) is 18.7 Å². The highest BCUT2D eigenvalue weighted by molar-refractivity contribution is 5.99. The highest BCUT2D eigenvalue weighted by atomic mass is 16.4. The van der Waals surface area contributed by atoms with Crippen LogP contribution in [0.25, 0.3) is 11.3 Å². The minimum atomic E-state index is -1.28. The van der Waals surface area contributed by atoms with Crippen LogP contribution in [0.2, 0.25) is 0 Å². The molecule has 5 N–H and O–H groups in total. The van der Waals surface area contributed by atoms with Gasteiger partial charge in [-0.15, -0.1) is 0 Å². The molecule has 0 bridgehead atoms. The second kappa shape index (κ2) is 5.76. The van der Waals surface area contributed by atoms with Gasteiger partial charge < -0.3 is 16.6 Å². The molecule has 2 aromatic rings. The molecule has 7 nitrogen and oxygen atoms in total. The number of hydrogen-bond donors (Lipinski definition) is 3. The number of carboxylic acid groups (broad SMARTS) is 1. The van der Waals surface area contributed by atoms with Crippen molar-refractivity contribution in [2.24, 2.45) is 5.73 Å². The third-order valence-corrected chi connectivity index (χ3v) is 3.14. The van der Waals surface area contributed by atoms with Crippen molar-refractivity contribution in [3.8, 4) is 11.3 Å². The van der Waals surface area contributed by atoms with Crippen molar-refractivity contribution < 1.29 is 9.90 Å². The van der Waals surface area contributed by atoms with Gasteiger partial charge in [0.25, 0.3) is 5.56 Å². The maximum Gasteiger partial charge on any atom is 0.340 e. The fourth-order valence-electron chi connectivity index (χ4n) is 2.07. The number of hydrogen-bond acceptors (Lipinski definition) is 5. The maximum absolute atomic E-state index is 11.9. The molecule has 0 saturated carbocycles. The standard InChI is InChI=1S/C14H16N4O3/c1-2-18-13(19)11(16)10(14(20)21)12(17-18)9-5-3-4-8(6-9)7-15/h3-6H,2,7,15-16H2,1H3,(H,20,21). The minimum absolute atomic E-state index is 0.164. The Morgan fingerprint density at radius 1 is 1.43 bits per heavy atom. The quantitative estimate of drug-likeness (QED) is 0.759. The summed E-state index contributed by atoms with van der Waals surface area (Å²) in [4.78, 5) is 23.4. The number of nitrogens with zero attached hydrogens (tertiary/aromatic N) is 2. The molecular formula is C14H16N4O3. The molecular weight excluding hydrogens is 272 g/mol. The zero-order valence-electron chi connectivity index (χ0n) is 11.5. The maximum atomic E-state index is 11.9. The predicted octanol–water partition coefficient (Wildman–Crippen LogP) is 0.669. The van der Waals surface area contributed by atoms with E-state index in [9.17, 15) is 14.7 Å². The molecule has 0 spiro atoms. The minimum Gasteiger partial charge on any atom is -0.478 e. The van der Waals surface area contributed by atoms with Crippen molar-refractivity contribution in [2.75, 3.05) is 5.73 Å². The van der Waals surface area contributed by atoms with E-state index < -0.39 is 11.5 Å². The lowest BCUT2D eigenvalue weighted by atomic mass is 10.0. The lowest BCUT2D eigenvalue weighted by Gasteiger charge is -2.12. The monoisotopic (exact) mass is 288 g/mol. The average molecular weight is 288 g/mol. The number of aromatic carboxylic acids is 1. The number of carboxylic acids is 1. The van der Waals surface area contributed by atoms with E-state index in [1.54, 1.807) is 25.1 Å². The summed E-state index contributed by atoms with van der Waals surface area (Å²) in [6, 6.07) is 7.02. The van der Waals surface area contributed by atoms with Crippen molar-refractivity contribution in [3.63, 3.8) is 0 Å². The Kier molecular flexibility index (Phi) is 4.04. The molecule has 0 saturated heterocycles. The van der Waals surface area contributed by atoms with Crippen molar-refractivity contribution in [3.05, 3.63) is 45.7 Å². The van der Waals surface area contributed by atoms with Gasteiger partial charge in [-0.25, -0.2) is 9.48 Å². The number of rotatable bonds is 4. The van der Waals surface area contributed by atoms with Crippen LogP contribution < -0.4 is 17.0 Å². The Balaban J connectivity index is 2.80. The van der Waals surface area contributed by atoms with Crippen molar-refractivity contribution in [1.29, 1.82) is 0 Å². The van der Waals surface area contributed by atoms with E-state index >= 15 is 0 Å². The smallest absolute Gasteiger partial charge is 0.340 e. The topological polar surface area (TPSA) is 124 Å². The van der Waals surface area contributed by atoms with Crippen LogP contribution >= 0.6 is 0 Å². The van der Waals surface area contributed by atoms with Gasteiger partial charge in [-0.05, 0) is 18.6 Å². The Morgan fingerprint density at radius 3 is 2.71 bits per heavy atom. The van der Waals surface area contributed by atoms with Gasteiger partial charge in [-0.2, -0.15) is 5.10 Å². The largest absolute Gasteiger partial charge is 0.478 e. The van der Waals surface area contributed by atoms with Gasteiger partial charge in [-0.3, -0.25) is 4.79 Å². The van der Waals surface area contributed by atoms with E-state index in [1.165, 1.54) is 0 Å². The van der Waals surface area contributed by atoms with Crippen molar-refractivity contribution >= 4 is 11.7 Å². The second-order valence-electron chi connectivity index (χ2n) is 4.47. The number of anilines is 1. The molecule has 1 aromatic heterocycles.